The van der Waals surface area contributed by atoms with Crippen LogP contribution in [0.5, 0.6) is 0 Å². The first-order valence-corrected chi connectivity index (χ1v) is 12.8. The second kappa shape index (κ2) is 10.9. The number of hydrogen-bond acceptors (Lipinski definition) is 7. The molecule has 2 fully saturated rings. The van der Waals surface area contributed by atoms with Gasteiger partial charge in [0.2, 0.25) is 5.91 Å². The van der Waals surface area contributed by atoms with Gasteiger partial charge in [0.25, 0.3) is 0 Å². The summed E-state index contributed by atoms with van der Waals surface area (Å²) in [6, 6.07) is 12.2. The molecule has 186 valence electrons. The number of fused-ring (bicyclic) bond motifs is 1. The van der Waals surface area contributed by atoms with E-state index in [1.54, 1.807) is 4.52 Å². The highest BCUT2D eigenvalue weighted by molar-refractivity contribution is 6.31. The number of aromatic nitrogens is 4. The molecule has 9 nitrogen and oxygen atoms in total. The molecule has 1 aromatic carbocycles. The van der Waals surface area contributed by atoms with Gasteiger partial charge in [-0.2, -0.15) is 4.52 Å². The Morgan fingerprint density at radius 3 is 2.57 bits per heavy atom. The van der Waals surface area contributed by atoms with Crippen LogP contribution < -0.4 is 10.2 Å². The third kappa shape index (κ3) is 5.91. The van der Waals surface area contributed by atoms with E-state index in [9.17, 15) is 4.79 Å². The molecule has 0 radical (unpaired) electrons. The van der Waals surface area contributed by atoms with Crippen molar-refractivity contribution in [1.82, 2.24) is 34.9 Å². The molecule has 35 heavy (non-hydrogen) atoms. The molecule has 0 aliphatic carbocycles. The molecule has 3 aromatic rings. The van der Waals surface area contributed by atoms with Gasteiger partial charge in [0.15, 0.2) is 11.5 Å². The summed E-state index contributed by atoms with van der Waals surface area (Å²) in [6.07, 6.45) is 2.78. The molecule has 1 N–H and O–H groups in total. The number of likely N-dealkylation sites (tertiary alicyclic amines) is 1. The molecule has 2 aliphatic heterocycles. The molecule has 5 rings (SSSR count). The molecule has 4 heterocycles. The number of hydrogen-bond donors (Lipinski definition) is 1. The Kier molecular flexibility index (Phi) is 7.46. The van der Waals surface area contributed by atoms with Gasteiger partial charge in [0, 0.05) is 69.7 Å². The highest BCUT2D eigenvalue weighted by Crippen LogP contribution is 2.20. The largest absolute Gasteiger partial charge is 0.353 e. The van der Waals surface area contributed by atoms with E-state index < -0.39 is 0 Å². The molecule has 2 aliphatic rings. The maximum Gasteiger partial charge on any atom is 0.220 e. The predicted octanol–water partition coefficient (Wildman–Crippen LogP) is 2.24. The van der Waals surface area contributed by atoms with Gasteiger partial charge in [-0.1, -0.05) is 29.8 Å². The molecule has 0 spiro atoms. The molecule has 2 saturated heterocycles. The van der Waals surface area contributed by atoms with Crippen molar-refractivity contribution < 1.29 is 4.79 Å². The minimum atomic E-state index is 0.0570. The van der Waals surface area contributed by atoms with Crippen LogP contribution in [0.25, 0.3) is 5.65 Å². The normalized spacial score (nSPS) is 18.3. The fourth-order valence-corrected chi connectivity index (χ4v) is 5.01. The average molecular weight is 497 g/mol. The Labute approximate surface area is 211 Å². The maximum absolute atomic E-state index is 12.7. The van der Waals surface area contributed by atoms with E-state index in [-0.39, 0.29) is 11.9 Å². The fourth-order valence-electron chi connectivity index (χ4n) is 4.81. The lowest BCUT2D eigenvalue weighted by Gasteiger charge is -2.33. The van der Waals surface area contributed by atoms with Gasteiger partial charge < -0.3 is 15.1 Å². The monoisotopic (exact) mass is 496 g/mol. The molecule has 10 heteroatoms. The molecular formula is C25H33ClN8O. The summed E-state index contributed by atoms with van der Waals surface area (Å²) >= 11 is 6.30. The number of carbonyl (C=O) groups excluding carboxylic acids is 1. The SMILES string of the molecule is CN1CCN(c2ccc3nnc(CCC(=O)NC4CCN(Cc5ccccc5Cl)CC4)n3n2)CC1. The second-order valence-corrected chi connectivity index (χ2v) is 9.98. The number of nitrogens with one attached hydrogen (secondary N) is 1. The Morgan fingerprint density at radius 1 is 1.03 bits per heavy atom. The number of benzene rings is 1. The Balaban J connectivity index is 1.11. The summed E-state index contributed by atoms with van der Waals surface area (Å²) in [5.74, 6) is 1.71. The predicted molar refractivity (Wildman–Crippen MR) is 137 cm³/mol. The Hall–Kier alpha value is -2.75. The first-order valence-electron chi connectivity index (χ1n) is 12.4. The zero-order valence-electron chi connectivity index (χ0n) is 20.2. The van der Waals surface area contributed by atoms with Crippen molar-refractivity contribution in [3.63, 3.8) is 0 Å². The van der Waals surface area contributed by atoms with Crippen molar-refractivity contribution in [2.24, 2.45) is 0 Å². The quantitative estimate of drug-likeness (QED) is 0.537. The third-order valence-corrected chi connectivity index (χ3v) is 7.39. The van der Waals surface area contributed by atoms with Gasteiger partial charge in [-0.15, -0.1) is 15.3 Å². The zero-order valence-corrected chi connectivity index (χ0v) is 21.0. The number of anilines is 1. The van der Waals surface area contributed by atoms with E-state index >= 15 is 0 Å². The van der Waals surface area contributed by atoms with Crippen LogP contribution in [-0.2, 0) is 17.8 Å². The van der Waals surface area contributed by atoms with Gasteiger partial charge in [0.1, 0.15) is 5.82 Å². The van der Waals surface area contributed by atoms with Crippen molar-refractivity contribution in [2.45, 2.75) is 38.3 Å². The summed E-state index contributed by atoms with van der Waals surface area (Å²) in [5.41, 5.74) is 1.87. The first-order chi connectivity index (χ1) is 17.0. The Morgan fingerprint density at radius 2 is 1.80 bits per heavy atom. The van der Waals surface area contributed by atoms with E-state index in [4.69, 9.17) is 16.7 Å². The van der Waals surface area contributed by atoms with Crippen LogP contribution in [0, 0.1) is 0 Å². The smallest absolute Gasteiger partial charge is 0.220 e. The molecule has 0 atom stereocenters. The van der Waals surface area contributed by atoms with Crippen LogP contribution in [0.3, 0.4) is 0 Å². The summed E-state index contributed by atoms with van der Waals surface area (Å²) in [4.78, 5) is 19.7. The lowest BCUT2D eigenvalue weighted by atomic mass is 10.0. The lowest BCUT2D eigenvalue weighted by molar-refractivity contribution is -0.122. The molecule has 1 amide bonds. The highest BCUT2D eigenvalue weighted by Gasteiger charge is 2.22. The number of piperidine rings is 1. The van der Waals surface area contributed by atoms with Crippen molar-refractivity contribution >= 4 is 29.0 Å². The average Bonchev–Trinajstić information content (AvgIpc) is 3.28. The van der Waals surface area contributed by atoms with Crippen molar-refractivity contribution in [1.29, 1.82) is 0 Å². The van der Waals surface area contributed by atoms with Crippen LogP contribution in [0.4, 0.5) is 5.82 Å². The first kappa shape index (κ1) is 24.0. The summed E-state index contributed by atoms with van der Waals surface area (Å²) in [6.45, 7) is 6.69. The standard InChI is InChI=1S/C25H33ClN8O/c1-31-14-16-33(17-15-31)24-7-6-22-28-29-23(34(22)30-24)8-9-25(35)27-20-10-12-32(13-11-20)18-19-4-2-3-5-21(19)26/h2-7,20H,8-18H2,1H3,(H,27,35). The van der Waals surface area contributed by atoms with Crippen LogP contribution in [0.1, 0.15) is 30.7 Å². The lowest BCUT2D eigenvalue weighted by Crippen LogP contribution is -2.45. The van der Waals surface area contributed by atoms with E-state index in [1.807, 2.05) is 30.3 Å². The van der Waals surface area contributed by atoms with E-state index in [1.165, 1.54) is 0 Å². The van der Waals surface area contributed by atoms with Gasteiger partial charge >= 0.3 is 0 Å². The molecule has 0 saturated carbocycles. The van der Waals surface area contributed by atoms with E-state index in [0.29, 0.717) is 18.5 Å². The topological polar surface area (TPSA) is 81.9 Å². The fraction of sp³-hybridized carbons (Fsp3) is 0.520. The van der Waals surface area contributed by atoms with Crippen molar-refractivity contribution in [2.75, 3.05) is 51.2 Å². The molecule has 0 bridgehead atoms. The van der Waals surface area contributed by atoms with Gasteiger partial charge in [-0.25, -0.2) is 0 Å². The molecule has 2 aromatic heterocycles. The number of carbonyl (C=O) groups is 1. The van der Waals surface area contributed by atoms with Crippen LogP contribution in [-0.4, -0.2) is 87.9 Å². The van der Waals surface area contributed by atoms with Crippen molar-refractivity contribution in [3.8, 4) is 0 Å². The number of nitrogens with zero attached hydrogens (tertiary/aromatic N) is 7. The number of piperazine rings is 1. The van der Waals surface area contributed by atoms with Gasteiger partial charge in [-0.05, 0) is 43.7 Å². The number of likely N-dealkylation sites (N-methyl/N-ethyl adjacent to an activating group) is 1. The number of halogens is 1. The zero-order chi connectivity index (χ0) is 24.2. The Bertz CT molecular complexity index is 1150. The van der Waals surface area contributed by atoms with Crippen LogP contribution in [0.2, 0.25) is 5.02 Å². The maximum atomic E-state index is 12.7. The number of aryl methyl sites for hydroxylation is 1. The second-order valence-electron chi connectivity index (χ2n) is 9.58. The highest BCUT2D eigenvalue weighted by atomic mass is 35.5. The molecular weight excluding hydrogens is 464 g/mol. The summed E-state index contributed by atoms with van der Waals surface area (Å²) < 4.78 is 1.79. The minimum absolute atomic E-state index is 0.0570. The molecule has 0 unspecified atom stereocenters. The van der Waals surface area contributed by atoms with Gasteiger partial charge in [0.05, 0.1) is 0 Å². The van der Waals surface area contributed by atoms with Crippen molar-refractivity contribution in [3.05, 3.63) is 52.8 Å². The summed E-state index contributed by atoms with van der Waals surface area (Å²) in [7, 11) is 2.14. The number of amides is 1. The van der Waals surface area contributed by atoms with Crippen LogP contribution >= 0.6 is 11.6 Å². The third-order valence-electron chi connectivity index (χ3n) is 7.02. The van der Waals surface area contributed by atoms with Crippen LogP contribution in [0.15, 0.2) is 36.4 Å². The number of rotatable bonds is 7. The van der Waals surface area contributed by atoms with Gasteiger partial charge in [-0.3, -0.25) is 9.69 Å². The van der Waals surface area contributed by atoms with E-state index in [2.05, 4.69) is 43.3 Å². The minimum Gasteiger partial charge on any atom is -0.353 e. The summed E-state index contributed by atoms with van der Waals surface area (Å²) in [5, 5.41) is 17.3. The van der Waals surface area contributed by atoms with E-state index in [0.717, 1.165) is 80.9 Å².